The van der Waals surface area contributed by atoms with Crippen LogP contribution in [0.25, 0.3) is 27.2 Å². The predicted molar refractivity (Wildman–Crippen MR) is 320 cm³/mol. The number of imide groups is 3. The Kier molecular flexibility index (Phi) is 17.0. The van der Waals surface area contributed by atoms with Gasteiger partial charge in [0, 0.05) is 39.2 Å². The largest absolute Gasteiger partial charge is 0.403 e. The van der Waals surface area contributed by atoms with E-state index in [1.807, 2.05) is 6.07 Å². The summed E-state index contributed by atoms with van der Waals surface area (Å²) < 4.78 is 52.7. The van der Waals surface area contributed by atoms with Crippen LogP contribution in [0.4, 0.5) is 0 Å². The number of hydrogen-bond acceptors (Lipinski definition) is 21. The zero-order chi connectivity index (χ0) is 63.7. The van der Waals surface area contributed by atoms with Crippen molar-refractivity contribution in [2.24, 2.45) is 17.9 Å². The maximum absolute atomic E-state index is 13.1. The Morgan fingerprint density at radius 1 is 0.562 bits per heavy atom. The van der Waals surface area contributed by atoms with Crippen LogP contribution in [0, 0.1) is 10.8 Å². The number of amides is 7. The second-order valence-electron chi connectivity index (χ2n) is 21.1. The van der Waals surface area contributed by atoms with Crippen LogP contribution in [0.5, 0.6) is 0 Å². The first-order valence-electron chi connectivity index (χ1n) is 26.8. The SMILES string of the molecule is C=C1c2cc3c(cc2C(=O)N1OP1OCC2(COP(OC)OC2)CO1)C(=O)N(C)C3=O.CCC(C)(C)C(=O)OP(N1C(=O)c2ccccc2C1=O)N1C(=O)c2ccccc2C1=O.COP(On1c(=O)c2cc3c(=O)n(C)c(=O)c3cc2c1=O)c1ccccc1. The van der Waals surface area contributed by atoms with Gasteiger partial charge in [0.1, 0.15) is 0 Å². The number of rotatable bonds is 12. The third kappa shape index (κ3) is 10.8. The normalized spacial score (nSPS) is 19.9. The molecule has 5 aromatic carbocycles. The lowest BCUT2D eigenvalue weighted by Crippen LogP contribution is -2.45. The molecule has 2 saturated heterocycles. The fourth-order valence-electron chi connectivity index (χ4n) is 9.69. The number of nitrogens with zero attached hydrogens (tertiary/aromatic N) is 6. The molecule has 1 unspecified atom stereocenters. The molecule has 2 aromatic heterocycles. The van der Waals surface area contributed by atoms with E-state index in [2.05, 4.69) is 6.58 Å². The number of hydrogen-bond donors (Lipinski definition) is 0. The van der Waals surface area contributed by atoms with Gasteiger partial charge in [0.25, 0.3) is 72.0 Å². The Hall–Kier alpha value is -8.28. The second-order valence-corrected chi connectivity index (χ2v) is 26.6. The van der Waals surface area contributed by atoms with Gasteiger partial charge in [-0.25, -0.2) is 0 Å². The summed E-state index contributed by atoms with van der Waals surface area (Å²) in [6, 6.07) is 26.7. The van der Waals surface area contributed by atoms with Crippen LogP contribution in [0.3, 0.4) is 0 Å². The fraction of sp³-hybridized carbons (Fsp3) is 0.241. The van der Waals surface area contributed by atoms with Crippen LogP contribution in [-0.2, 0) is 48.1 Å². The van der Waals surface area contributed by atoms with E-state index < -0.39 is 114 Å². The zero-order valence-corrected chi connectivity index (χ0v) is 51.7. The third-order valence-corrected chi connectivity index (χ3v) is 20.3. The highest BCUT2D eigenvalue weighted by Gasteiger charge is 2.53. The first-order chi connectivity index (χ1) is 42.5. The lowest BCUT2D eigenvalue weighted by Gasteiger charge is -2.41. The molecule has 0 bridgehead atoms. The molecule has 0 saturated carbocycles. The summed E-state index contributed by atoms with van der Waals surface area (Å²) in [5.74, 6) is -4.98. The highest BCUT2D eigenvalue weighted by atomic mass is 31.2. The number of fused-ring (bicyclic) bond motifs is 6. The van der Waals surface area contributed by atoms with Crippen molar-refractivity contribution in [1.82, 2.24) is 28.6 Å². The maximum Gasteiger partial charge on any atom is 0.356 e. The van der Waals surface area contributed by atoms with E-state index in [1.165, 1.54) is 76.8 Å². The summed E-state index contributed by atoms with van der Waals surface area (Å²) in [6.45, 7) is 10.2. The van der Waals surface area contributed by atoms with Gasteiger partial charge in [0.2, 0.25) is 0 Å². The number of benzene rings is 5. The Morgan fingerprint density at radius 2 is 0.978 bits per heavy atom. The minimum Gasteiger partial charge on any atom is -0.403 e. The molecule has 0 N–H and O–H groups in total. The van der Waals surface area contributed by atoms with Crippen LogP contribution < -0.4 is 32.2 Å². The van der Waals surface area contributed by atoms with Gasteiger partial charge in [-0.15, -0.1) is 0 Å². The third-order valence-electron chi connectivity index (χ3n) is 15.2. The van der Waals surface area contributed by atoms with Crippen LogP contribution >= 0.6 is 34.0 Å². The van der Waals surface area contributed by atoms with Gasteiger partial charge in [-0.2, -0.15) is 19.0 Å². The molecule has 0 radical (unpaired) electrons. The minimum absolute atomic E-state index is 0.0225. The number of carbonyl (C=O) groups excluding carboxylic acids is 8. The van der Waals surface area contributed by atoms with E-state index in [-0.39, 0.29) is 79.4 Å². The molecule has 2 fully saturated rings. The highest BCUT2D eigenvalue weighted by Crippen LogP contribution is 2.56. The minimum atomic E-state index is -2.70. The molecular weight excluding hydrogens is 1240 g/mol. The number of aromatic nitrogens is 2. The smallest absolute Gasteiger partial charge is 0.356 e. The summed E-state index contributed by atoms with van der Waals surface area (Å²) >= 11 is 0. The molecule has 7 amide bonds. The second kappa shape index (κ2) is 24.3. The average molecular weight is 1290 g/mol. The zero-order valence-electron chi connectivity index (χ0n) is 48.1. The van der Waals surface area contributed by atoms with Crippen molar-refractivity contribution in [2.45, 2.75) is 27.2 Å². The van der Waals surface area contributed by atoms with Gasteiger partial charge in [0.15, 0.2) is 0 Å². The number of hydroxylamine groups is 2. The van der Waals surface area contributed by atoms with Crippen molar-refractivity contribution >= 4 is 114 Å². The van der Waals surface area contributed by atoms with E-state index in [0.29, 0.717) is 35.2 Å². The lowest BCUT2D eigenvalue weighted by atomic mass is 9.91. The quantitative estimate of drug-likeness (QED) is 0.0943. The molecule has 6 aliphatic rings. The van der Waals surface area contributed by atoms with Crippen molar-refractivity contribution in [1.29, 1.82) is 0 Å². The number of carbonyl (C=O) groups is 8. The van der Waals surface area contributed by atoms with Gasteiger partial charge in [0.05, 0.1) is 103 Å². The van der Waals surface area contributed by atoms with Crippen molar-refractivity contribution in [3.05, 3.63) is 196 Å². The molecule has 0 aliphatic carbocycles. The Labute approximate surface area is 508 Å². The van der Waals surface area contributed by atoms with Crippen molar-refractivity contribution < 1.29 is 79.3 Å². The summed E-state index contributed by atoms with van der Waals surface area (Å²) in [4.78, 5) is 153. The van der Waals surface area contributed by atoms with E-state index >= 15 is 0 Å². The fourth-order valence-corrected chi connectivity index (χ4v) is 14.8. The van der Waals surface area contributed by atoms with E-state index in [0.717, 1.165) is 23.9 Å². The molecular formula is C58H50N6O21P4. The Balaban J connectivity index is 0.000000138. The van der Waals surface area contributed by atoms with Gasteiger partial charge in [-0.3, -0.25) is 67.0 Å². The first kappa shape index (κ1) is 62.3. The summed E-state index contributed by atoms with van der Waals surface area (Å²) in [5.41, 5.74) is -2.04. The van der Waals surface area contributed by atoms with Crippen molar-refractivity contribution in [3.8, 4) is 0 Å². The van der Waals surface area contributed by atoms with Crippen LogP contribution in [0.2, 0.25) is 0 Å². The first-order valence-corrected chi connectivity index (χ1v) is 31.3. The molecule has 7 aromatic rings. The molecule has 27 nitrogen and oxygen atoms in total. The molecule has 8 heterocycles. The van der Waals surface area contributed by atoms with Crippen LogP contribution in [0.1, 0.15) is 105 Å². The van der Waals surface area contributed by atoms with Gasteiger partial charge >= 0.3 is 31.6 Å². The monoisotopic (exact) mass is 1290 g/mol. The van der Waals surface area contributed by atoms with E-state index in [9.17, 15) is 57.5 Å². The summed E-state index contributed by atoms with van der Waals surface area (Å²) in [6.07, 6.45) is 0.416. The summed E-state index contributed by atoms with van der Waals surface area (Å²) in [5, 5.41) is 1.91. The Bertz CT molecular complexity index is 4130. The van der Waals surface area contributed by atoms with Crippen LogP contribution in [0.15, 0.2) is 129 Å². The van der Waals surface area contributed by atoms with Gasteiger partial charge in [-0.1, -0.05) is 60.7 Å². The maximum atomic E-state index is 13.1. The van der Waals surface area contributed by atoms with E-state index in [1.54, 1.807) is 69.3 Å². The molecule has 13 rings (SSSR count). The molecule has 458 valence electrons. The predicted octanol–water partition coefficient (Wildman–Crippen LogP) is 6.40. The molecule has 6 aliphatic heterocycles. The molecule has 89 heavy (non-hydrogen) atoms. The van der Waals surface area contributed by atoms with Crippen LogP contribution in [-0.4, -0.2) is 124 Å². The van der Waals surface area contributed by atoms with E-state index in [4.69, 9.17) is 40.9 Å². The van der Waals surface area contributed by atoms with Crippen molar-refractivity contribution in [2.75, 3.05) is 47.7 Å². The molecule has 1 atom stereocenters. The lowest BCUT2D eigenvalue weighted by molar-refractivity contribution is -0.143. The molecule has 31 heteroatoms. The Morgan fingerprint density at radius 3 is 1.42 bits per heavy atom. The standard InChI is InChI=1S/C22H19N2O6P.C18H18N2O9P2.C18H13N2O6P/c1-4-22(2,3)21(29)30-31(23-17(25)13-9-5-6-10-14(13)18(23)26)24-19(27)15-11-7-8-12-16(15)20(24)28;1-10-11-4-13-14(16(22)19(2)15(13)21)5-12(11)17(23)20(10)29-31-27-8-18(9-28-31)6-25-30(24-3)26-7-18;1-19-15(21)11-8-13-14(9-12(11)16(19)22)18(24)20(17(13)23)26-27(25-2)10-6-4-3-5-7-10/h5-12H,4H2,1-3H3;4-5H,1,6-9H2,2-3H3;3-9H,1-2H3. The average Bonchev–Trinajstić information content (AvgIpc) is 1.63. The highest BCUT2D eigenvalue weighted by molar-refractivity contribution is 7.56. The van der Waals surface area contributed by atoms with Gasteiger partial charge < -0.3 is 36.3 Å². The summed E-state index contributed by atoms with van der Waals surface area (Å²) in [7, 11) is -1.95. The molecule has 1 spiro atoms. The van der Waals surface area contributed by atoms with Gasteiger partial charge in [-0.05, 0) is 80.9 Å². The van der Waals surface area contributed by atoms with Crippen molar-refractivity contribution in [3.63, 3.8) is 0 Å². The topological polar surface area (TPSA) is 311 Å².